The number of halogens is 1. The molecule has 21 heavy (non-hydrogen) atoms. The van der Waals surface area contributed by atoms with Crippen LogP contribution in [0.2, 0.25) is 0 Å². The van der Waals surface area contributed by atoms with Crippen molar-refractivity contribution in [2.24, 2.45) is 4.99 Å². The number of fused-ring (bicyclic) bond motifs is 1. The molecule has 0 bridgehead atoms. The van der Waals surface area contributed by atoms with Gasteiger partial charge in [-0.3, -0.25) is 4.99 Å². The largest absolute Gasteiger partial charge is 0.354 e. The quantitative estimate of drug-likeness (QED) is 0.659. The molecule has 0 saturated heterocycles. The zero-order valence-electron chi connectivity index (χ0n) is 12.4. The summed E-state index contributed by atoms with van der Waals surface area (Å²) in [5.74, 6) is 1.89. The van der Waals surface area contributed by atoms with Crippen molar-refractivity contribution in [2.75, 3.05) is 7.05 Å². The van der Waals surface area contributed by atoms with E-state index in [0.717, 1.165) is 28.3 Å². The first-order valence-corrected chi connectivity index (χ1v) is 8.12. The minimum absolute atomic E-state index is 0.595. The van der Waals surface area contributed by atoms with Gasteiger partial charge in [0.05, 0.1) is 17.6 Å². The predicted molar refractivity (Wildman–Crippen MR) is 89.5 cm³/mol. The molecule has 0 amide bonds. The first kappa shape index (κ1) is 14.4. The number of hydrogen-bond donors (Lipinski definition) is 2. The van der Waals surface area contributed by atoms with Crippen LogP contribution in [0.5, 0.6) is 0 Å². The van der Waals surface area contributed by atoms with Crippen molar-refractivity contribution in [3.63, 3.8) is 0 Å². The highest BCUT2D eigenvalue weighted by Gasteiger charge is 2.22. The highest BCUT2D eigenvalue weighted by atomic mass is 79.9. The Labute approximate surface area is 133 Å². The lowest BCUT2D eigenvalue weighted by Gasteiger charge is -2.11. The number of aryl methyl sites for hydroxylation is 1. The average Bonchev–Trinajstić information content (AvgIpc) is 3.23. The van der Waals surface area contributed by atoms with E-state index in [9.17, 15) is 0 Å². The van der Waals surface area contributed by atoms with E-state index in [0.29, 0.717) is 12.6 Å². The Balaban J connectivity index is 1.79. The fourth-order valence-corrected chi connectivity index (χ4v) is 2.77. The topological polar surface area (TPSA) is 54.2 Å². The van der Waals surface area contributed by atoms with Crippen LogP contribution >= 0.6 is 15.9 Å². The van der Waals surface area contributed by atoms with Crippen LogP contribution < -0.4 is 10.6 Å². The Kier molecular flexibility index (Phi) is 4.14. The molecule has 1 aromatic carbocycles. The Morgan fingerprint density at radius 1 is 1.48 bits per heavy atom. The summed E-state index contributed by atoms with van der Waals surface area (Å²) >= 11 is 3.50. The van der Waals surface area contributed by atoms with Gasteiger partial charge in [0, 0.05) is 24.1 Å². The summed E-state index contributed by atoms with van der Waals surface area (Å²) < 4.78 is 3.29. The molecule has 112 valence electrons. The summed E-state index contributed by atoms with van der Waals surface area (Å²) in [5.41, 5.74) is 2.19. The SMILES string of the molecule is CCn1c(CNC(=NC)NC2CC2)nc2cc(Br)ccc21. The van der Waals surface area contributed by atoms with Gasteiger partial charge in [-0.15, -0.1) is 0 Å². The third-order valence-electron chi connectivity index (χ3n) is 3.66. The minimum atomic E-state index is 0.595. The van der Waals surface area contributed by atoms with E-state index in [4.69, 9.17) is 4.98 Å². The second-order valence-electron chi connectivity index (χ2n) is 5.25. The maximum Gasteiger partial charge on any atom is 0.191 e. The van der Waals surface area contributed by atoms with Gasteiger partial charge >= 0.3 is 0 Å². The van der Waals surface area contributed by atoms with Crippen LogP contribution in [0.1, 0.15) is 25.6 Å². The molecule has 2 N–H and O–H groups in total. The molecular weight excluding hydrogens is 330 g/mol. The van der Waals surface area contributed by atoms with Gasteiger partial charge in [0.2, 0.25) is 0 Å². The van der Waals surface area contributed by atoms with Crippen molar-refractivity contribution in [2.45, 2.75) is 38.9 Å². The third-order valence-corrected chi connectivity index (χ3v) is 4.15. The summed E-state index contributed by atoms with van der Waals surface area (Å²) in [6, 6.07) is 6.82. The van der Waals surface area contributed by atoms with E-state index >= 15 is 0 Å². The Hall–Kier alpha value is -1.56. The van der Waals surface area contributed by atoms with Crippen molar-refractivity contribution >= 4 is 32.9 Å². The first-order chi connectivity index (χ1) is 10.2. The van der Waals surface area contributed by atoms with Crippen LogP contribution in [-0.4, -0.2) is 28.6 Å². The molecule has 0 atom stereocenters. The summed E-state index contributed by atoms with van der Waals surface area (Å²) in [6.45, 7) is 3.72. The lowest BCUT2D eigenvalue weighted by molar-refractivity contribution is 0.684. The molecule has 0 unspecified atom stereocenters. The molecule has 3 rings (SSSR count). The van der Waals surface area contributed by atoms with Crippen molar-refractivity contribution in [1.29, 1.82) is 0 Å². The van der Waals surface area contributed by atoms with Crippen LogP contribution in [0.3, 0.4) is 0 Å². The molecule has 1 fully saturated rings. The second-order valence-corrected chi connectivity index (χ2v) is 6.17. The Morgan fingerprint density at radius 2 is 2.29 bits per heavy atom. The smallest absolute Gasteiger partial charge is 0.191 e. The summed E-state index contributed by atoms with van der Waals surface area (Å²) in [4.78, 5) is 8.99. The Bertz CT molecular complexity index is 672. The van der Waals surface area contributed by atoms with Crippen LogP contribution in [-0.2, 0) is 13.1 Å². The number of hydrogen-bond acceptors (Lipinski definition) is 2. The number of aliphatic imine (C=N–C) groups is 1. The van der Waals surface area contributed by atoms with Gasteiger partial charge in [-0.05, 0) is 38.0 Å². The third kappa shape index (κ3) is 3.20. The van der Waals surface area contributed by atoms with Gasteiger partial charge in [-0.25, -0.2) is 4.98 Å². The molecule has 6 heteroatoms. The first-order valence-electron chi connectivity index (χ1n) is 7.33. The maximum atomic E-state index is 4.73. The van der Waals surface area contributed by atoms with E-state index in [1.54, 1.807) is 7.05 Å². The normalized spacial score (nSPS) is 15.5. The van der Waals surface area contributed by atoms with Crippen molar-refractivity contribution in [3.05, 3.63) is 28.5 Å². The van der Waals surface area contributed by atoms with E-state index in [2.05, 4.69) is 61.2 Å². The predicted octanol–water partition coefficient (Wildman–Crippen LogP) is 2.65. The number of rotatable bonds is 4. The highest BCUT2D eigenvalue weighted by molar-refractivity contribution is 9.10. The number of benzene rings is 1. The number of nitrogens with one attached hydrogen (secondary N) is 2. The van der Waals surface area contributed by atoms with E-state index < -0.39 is 0 Å². The minimum Gasteiger partial charge on any atom is -0.354 e. The lowest BCUT2D eigenvalue weighted by Crippen LogP contribution is -2.38. The van der Waals surface area contributed by atoms with E-state index in [1.807, 2.05) is 0 Å². The molecule has 1 aromatic heterocycles. The van der Waals surface area contributed by atoms with Gasteiger partial charge in [-0.2, -0.15) is 0 Å². The van der Waals surface area contributed by atoms with Crippen LogP contribution in [0, 0.1) is 0 Å². The average molecular weight is 350 g/mol. The monoisotopic (exact) mass is 349 g/mol. The van der Waals surface area contributed by atoms with Crippen molar-refractivity contribution in [3.8, 4) is 0 Å². The standard InChI is InChI=1S/C15H20BrN5/c1-3-21-13-7-4-10(16)8-12(13)20-14(21)9-18-15(17-2)19-11-5-6-11/h4,7-8,11H,3,5-6,9H2,1-2H3,(H2,17,18,19). The highest BCUT2D eigenvalue weighted by Crippen LogP contribution is 2.21. The van der Waals surface area contributed by atoms with Gasteiger partial charge in [0.1, 0.15) is 5.82 Å². The molecular formula is C15H20BrN5. The van der Waals surface area contributed by atoms with Crippen molar-refractivity contribution < 1.29 is 0 Å². The number of imidazole rings is 1. The molecule has 2 aromatic rings. The lowest BCUT2D eigenvalue weighted by atomic mass is 10.3. The van der Waals surface area contributed by atoms with E-state index in [-0.39, 0.29) is 0 Å². The van der Waals surface area contributed by atoms with Crippen molar-refractivity contribution in [1.82, 2.24) is 20.2 Å². The number of nitrogens with zero attached hydrogens (tertiary/aromatic N) is 3. The van der Waals surface area contributed by atoms with E-state index in [1.165, 1.54) is 18.4 Å². The van der Waals surface area contributed by atoms with Crippen LogP contribution in [0.15, 0.2) is 27.7 Å². The fraction of sp³-hybridized carbons (Fsp3) is 0.467. The molecule has 5 nitrogen and oxygen atoms in total. The van der Waals surface area contributed by atoms with Crippen LogP contribution in [0.25, 0.3) is 11.0 Å². The number of guanidine groups is 1. The van der Waals surface area contributed by atoms with Gasteiger partial charge in [-0.1, -0.05) is 15.9 Å². The summed E-state index contributed by atoms with van der Waals surface area (Å²) in [6.07, 6.45) is 2.48. The zero-order chi connectivity index (χ0) is 14.8. The van der Waals surface area contributed by atoms with Gasteiger partial charge < -0.3 is 15.2 Å². The summed E-state index contributed by atoms with van der Waals surface area (Å²) in [7, 11) is 1.80. The van der Waals surface area contributed by atoms with Gasteiger partial charge in [0.25, 0.3) is 0 Å². The second kappa shape index (κ2) is 6.05. The molecule has 1 saturated carbocycles. The molecule has 0 spiro atoms. The van der Waals surface area contributed by atoms with Crippen LogP contribution in [0.4, 0.5) is 0 Å². The molecule has 1 heterocycles. The molecule has 0 radical (unpaired) electrons. The Morgan fingerprint density at radius 3 is 2.95 bits per heavy atom. The maximum absolute atomic E-state index is 4.73. The zero-order valence-corrected chi connectivity index (χ0v) is 13.9. The molecule has 0 aliphatic heterocycles. The fourth-order valence-electron chi connectivity index (χ4n) is 2.42. The molecule has 1 aliphatic rings. The van der Waals surface area contributed by atoms with Gasteiger partial charge in [0.15, 0.2) is 5.96 Å². The number of aromatic nitrogens is 2. The summed E-state index contributed by atoms with van der Waals surface area (Å²) in [5, 5.41) is 6.74. The molecule has 1 aliphatic carbocycles.